The highest BCUT2D eigenvalue weighted by atomic mass is 35.5. The van der Waals surface area contributed by atoms with Crippen LogP contribution in [0.4, 0.5) is 0 Å². The highest BCUT2D eigenvalue weighted by Crippen LogP contribution is 2.29. The Kier molecular flexibility index (Phi) is 5.35. The number of ether oxygens (including phenoxy) is 2. The Bertz CT molecular complexity index is 341. The summed E-state index contributed by atoms with van der Waals surface area (Å²) < 4.78 is 10.7. The fourth-order valence-electron chi connectivity index (χ4n) is 1.74. The number of benzene rings is 1. The Morgan fingerprint density at radius 2 is 2.31 bits per heavy atom. The van der Waals surface area contributed by atoms with Crippen LogP contribution in [-0.2, 0) is 4.74 Å². The number of rotatable bonds is 2. The topological polar surface area (TPSA) is 30.5 Å². The first-order valence-corrected chi connectivity index (χ1v) is 5.33. The van der Waals surface area contributed by atoms with E-state index in [1.165, 1.54) is 0 Å². The lowest BCUT2D eigenvalue weighted by molar-refractivity contribution is 0.0760. The van der Waals surface area contributed by atoms with Crippen molar-refractivity contribution in [2.75, 3.05) is 26.9 Å². The highest BCUT2D eigenvalue weighted by molar-refractivity contribution is 6.30. The normalized spacial score (nSPS) is 20.0. The molecule has 0 bridgehead atoms. The summed E-state index contributed by atoms with van der Waals surface area (Å²) in [4.78, 5) is 0. The van der Waals surface area contributed by atoms with Crippen molar-refractivity contribution >= 4 is 24.0 Å². The van der Waals surface area contributed by atoms with Gasteiger partial charge in [-0.25, -0.2) is 0 Å². The van der Waals surface area contributed by atoms with Gasteiger partial charge in [0.2, 0.25) is 0 Å². The first-order valence-electron chi connectivity index (χ1n) is 4.96. The van der Waals surface area contributed by atoms with Crippen molar-refractivity contribution in [3.8, 4) is 5.75 Å². The number of morpholine rings is 1. The molecule has 1 aromatic rings. The summed E-state index contributed by atoms with van der Waals surface area (Å²) in [7, 11) is 1.66. The maximum atomic E-state index is 5.97. The van der Waals surface area contributed by atoms with Gasteiger partial charge in [-0.2, -0.15) is 0 Å². The van der Waals surface area contributed by atoms with Crippen molar-refractivity contribution < 1.29 is 9.47 Å². The number of halogens is 2. The van der Waals surface area contributed by atoms with Crippen molar-refractivity contribution in [3.05, 3.63) is 28.8 Å². The van der Waals surface area contributed by atoms with E-state index in [0.29, 0.717) is 6.61 Å². The molecule has 0 radical (unpaired) electrons. The van der Waals surface area contributed by atoms with Crippen LogP contribution in [0.5, 0.6) is 5.75 Å². The Hall–Kier alpha value is -0.480. The lowest BCUT2D eigenvalue weighted by Gasteiger charge is -2.25. The predicted octanol–water partition coefficient (Wildman–Crippen LogP) is 2.43. The molecule has 1 atom stereocenters. The number of hydrogen-bond donors (Lipinski definition) is 1. The molecular formula is C11H15Cl2NO2. The Morgan fingerprint density at radius 1 is 1.50 bits per heavy atom. The van der Waals surface area contributed by atoms with Gasteiger partial charge < -0.3 is 14.8 Å². The zero-order valence-corrected chi connectivity index (χ0v) is 10.6. The quantitative estimate of drug-likeness (QED) is 0.889. The number of nitrogens with one attached hydrogen (secondary N) is 1. The monoisotopic (exact) mass is 263 g/mol. The van der Waals surface area contributed by atoms with Crippen LogP contribution in [0.3, 0.4) is 0 Å². The van der Waals surface area contributed by atoms with Gasteiger partial charge in [-0.05, 0) is 18.2 Å². The summed E-state index contributed by atoms with van der Waals surface area (Å²) in [6.07, 6.45) is 0. The van der Waals surface area contributed by atoms with E-state index < -0.39 is 0 Å². The molecule has 1 heterocycles. The third-order valence-corrected chi connectivity index (χ3v) is 2.72. The SMILES string of the molecule is COc1ccc(Cl)cc1[C@H]1COCCN1.Cl. The van der Waals surface area contributed by atoms with Gasteiger partial charge in [0.25, 0.3) is 0 Å². The average Bonchev–Trinajstić information content (AvgIpc) is 2.30. The standard InChI is InChI=1S/C11H14ClNO2.ClH/c1-14-11-3-2-8(12)6-9(11)10-7-15-5-4-13-10;/h2-3,6,10,13H,4-5,7H2,1H3;1H/t10-;/m1./s1. The highest BCUT2D eigenvalue weighted by Gasteiger charge is 2.19. The van der Waals surface area contributed by atoms with E-state index in [0.717, 1.165) is 29.5 Å². The molecule has 0 amide bonds. The summed E-state index contributed by atoms with van der Waals surface area (Å²) in [5.41, 5.74) is 1.06. The van der Waals surface area contributed by atoms with Crippen LogP contribution >= 0.6 is 24.0 Å². The van der Waals surface area contributed by atoms with Gasteiger partial charge in [0, 0.05) is 17.1 Å². The third-order valence-electron chi connectivity index (χ3n) is 2.49. The molecule has 0 spiro atoms. The van der Waals surface area contributed by atoms with Crippen LogP contribution in [-0.4, -0.2) is 26.9 Å². The van der Waals surface area contributed by atoms with Gasteiger partial charge in [0.15, 0.2) is 0 Å². The fraction of sp³-hybridized carbons (Fsp3) is 0.455. The van der Waals surface area contributed by atoms with E-state index in [1.54, 1.807) is 7.11 Å². The molecule has 1 N–H and O–H groups in total. The van der Waals surface area contributed by atoms with Crippen LogP contribution in [0.15, 0.2) is 18.2 Å². The molecule has 0 aromatic heterocycles. The second kappa shape index (κ2) is 6.30. The van der Waals surface area contributed by atoms with E-state index >= 15 is 0 Å². The first kappa shape index (κ1) is 13.6. The Labute approximate surface area is 106 Å². The summed E-state index contributed by atoms with van der Waals surface area (Å²) in [6.45, 7) is 2.29. The van der Waals surface area contributed by atoms with Crippen molar-refractivity contribution in [1.29, 1.82) is 0 Å². The predicted molar refractivity (Wildman–Crippen MR) is 66.8 cm³/mol. The van der Waals surface area contributed by atoms with Crippen LogP contribution in [0.1, 0.15) is 11.6 Å². The molecule has 90 valence electrons. The molecule has 1 fully saturated rings. The van der Waals surface area contributed by atoms with Crippen LogP contribution < -0.4 is 10.1 Å². The first-order chi connectivity index (χ1) is 7.31. The van der Waals surface area contributed by atoms with Crippen LogP contribution in [0.2, 0.25) is 5.02 Å². The molecule has 3 nitrogen and oxygen atoms in total. The van der Waals surface area contributed by atoms with Crippen molar-refractivity contribution in [2.45, 2.75) is 6.04 Å². The summed E-state index contributed by atoms with van der Waals surface area (Å²) in [5.74, 6) is 0.849. The molecular weight excluding hydrogens is 249 g/mol. The molecule has 16 heavy (non-hydrogen) atoms. The summed E-state index contributed by atoms with van der Waals surface area (Å²) in [5, 5.41) is 4.09. The largest absolute Gasteiger partial charge is 0.496 e. The van der Waals surface area contributed by atoms with Gasteiger partial charge in [0.1, 0.15) is 5.75 Å². The summed E-state index contributed by atoms with van der Waals surface area (Å²) >= 11 is 5.97. The number of methoxy groups -OCH3 is 1. The zero-order chi connectivity index (χ0) is 10.7. The minimum Gasteiger partial charge on any atom is -0.496 e. The summed E-state index contributed by atoms with van der Waals surface area (Å²) in [6, 6.07) is 5.81. The van der Waals surface area contributed by atoms with E-state index in [-0.39, 0.29) is 18.4 Å². The van der Waals surface area contributed by atoms with Crippen molar-refractivity contribution in [1.82, 2.24) is 5.32 Å². The van der Waals surface area contributed by atoms with Crippen molar-refractivity contribution in [2.24, 2.45) is 0 Å². The minimum atomic E-state index is 0. The van der Waals surface area contributed by atoms with E-state index in [4.69, 9.17) is 21.1 Å². The van der Waals surface area contributed by atoms with Crippen LogP contribution in [0, 0.1) is 0 Å². The van der Waals surface area contributed by atoms with E-state index in [9.17, 15) is 0 Å². The van der Waals surface area contributed by atoms with Gasteiger partial charge in [-0.1, -0.05) is 11.6 Å². The third kappa shape index (κ3) is 3.01. The molecule has 1 aliphatic heterocycles. The van der Waals surface area contributed by atoms with Gasteiger partial charge in [-0.3, -0.25) is 0 Å². The van der Waals surface area contributed by atoms with Gasteiger partial charge in [-0.15, -0.1) is 12.4 Å². The van der Waals surface area contributed by atoms with E-state index in [2.05, 4.69) is 5.32 Å². The molecule has 0 unspecified atom stereocenters. The van der Waals surface area contributed by atoms with Gasteiger partial charge >= 0.3 is 0 Å². The van der Waals surface area contributed by atoms with E-state index in [1.807, 2.05) is 18.2 Å². The molecule has 0 saturated carbocycles. The maximum Gasteiger partial charge on any atom is 0.123 e. The average molecular weight is 264 g/mol. The lowest BCUT2D eigenvalue weighted by Crippen LogP contribution is -2.34. The van der Waals surface area contributed by atoms with Crippen molar-refractivity contribution in [3.63, 3.8) is 0 Å². The second-order valence-electron chi connectivity index (χ2n) is 3.47. The number of hydrogen-bond acceptors (Lipinski definition) is 3. The molecule has 1 saturated heterocycles. The smallest absolute Gasteiger partial charge is 0.123 e. The minimum absolute atomic E-state index is 0. The lowest BCUT2D eigenvalue weighted by atomic mass is 10.1. The fourth-order valence-corrected chi connectivity index (χ4v) is 1.92. The van der Waals surface area contributed by atoms with Crippen LogP contribution in [0.25, 0.3) is 0 Å². The zero-order valence-electron chi connectivity index (χ0n) is 9.03. The molecule has 5 heteroatoms. The molecule has 0 aliphatic carbocycles. The Balaban J connectivity index is 0.00000128. The molecule has 1 aliphatic rings. The maximum absolute atomic E-state index is 5.97. The second-order valence-corrected chi connectivity index (χ2v) is 3.90. The molecule has 1 aromatic carbocycles. The molecule has 2 rings (SSSR count). The van der Waals surface area contributed by atoms with Gasteiger partial charge in [0.05, 0.1) is 26.4 Å². The Morgan fingerprint density at radius 3 is 2.94 bits per heavy atom.